The molecule has 0 aliphatic heterocycles. The summed E-state index contributed by atoms with van der Waals surface area (Å²) in [6.45, 7) is 10.4. The fourth-order valence-corrected chi connectivity index (χ4v) is 4.78. The minimum atomic E-state index is -0.0524. The molecular formula is C26H37N3O5. The van der Waals surface area contributed by atoms with Crippen molar-refractivity contribution in [3.63, 3.8) is 0 Å². The number of allylic oxidation sites excluding steroid dienone is 2. The molecule has 0 radical (unpaired) electrons. The largest absolute Gasteiger partial charge is 0.511 e. The summed E-state index contributed by atoms with van der Waals surface area (Å²) in [6.07, 6.45) is 4.88. The lowest BCUT2D eigenvalue weighted by Crippen LogP contribution is -2.24. The Balaban J connectivity index is 0.000000340. The van der Waals surface area contributed by atoms with E-state index in [9.17, 15) is 9.90 Å². The third-order valence-corrected chi connectivity index (χ3v) is 6.16. The number of ketones is 1. The number of hydrogen-bond acceptors (Lipinski definition) is 8. The van der Waals surface area contributed by atoms with Crippen LogP contribution in [0.2, 0.25) is 0 Å². The van der Waals surface area contributed by atoms with Crippen molar-refractivity contribution < 1.29 is 25.2 Å². The lowest BCUT2D eigenvalue weighted by atomic mass is 9.78. The van der Waals surface area contributed by atoms with Gasteiger partial charge in [-0.15, -0.1) is 0 Å². The van der Waals surface area contributed by atoms with Crippen molar-refractivity contribution in [1.29, 1.82) is 0 Å². The Bertz CT molecular complexity index is 965. The Labute approximate surface area is 201 Å². The smallest absolute Gasteiger partial charge is 0.168 e. The van der Waals surface area contributed by atoms with Gasteiger partial charge in [0.1, 0.15) is 23.8 Å². The summed E-state index contributed by atoms with van der Waals surface area (Å²) in [5.41, 5.74) is 6.69. The van der Waals surface area contributed by atoms with Gasteiger partial charge < -0.3 is 20.4 Å². The van der Waals surface area contributed by atoms with Crippen LogP contribution in [0.15, 0.2) is 38.9 Å². The van der Waals surface area contributed by atoms with E-state index in [1.165, 1.54) is 22.3 Å². The van der Waals surface area contributed by atoms with Crippen molar-refractivity contribution in [1.82, 2.24) is 0 Å². The number of carbonyl (C=O) groups is 1. The zero-order valence-corrected chi connectivity index (χ0v) is 20.9. The molecule has 8 nitrogen and oxygen atoms in total. The van der Waals surface area contributed by atoms with Crippen LogP contribution >= 0.6 is 0 Å². The minimum absolute atomic E-state index is 0.0204. The maximum atomic E-state index is 12.7. The Morgan fingerprint density at radius 2 is 1.56 bits per heavy atom. The topological polar surface area (TPSA) is 124 Å². The van der Waals surface area contributed by atoms with Crippen LogP contribution in [0.4, 0.5) is 0 Å². The standard InChI is InChI=1S/C20H27NO3.C6H10N2O2/c1-6-16(21-24-7-2)20-17(22)10-15(11-18(20)23)19-13(4)8-12(3)9-14(19)5;9-7-5-3-1-2-4-6(5)8-10/h8-9,15,22H,6-7,10-11H2,1-5H3;9-10H,1-4H2/b21-16+;7-5-,8-6+. The van der Waals surface area contributed by atoms with Crippen molar-refractivity contribution in [3.05, 3.63) is 45.7 Å². The molecule has 1 unspecified atom stereocenters. The second kappa shape index (κ2) is 12.9. The maximum absolute atomic E-state index is 12.7. The number of nitrogens with zero attached hydrogens (tertiary/aromatic N) is 3. The Kier molecular flexibility index (Phi) is 10.3. The first-order chi connectivity index (χ1) is 16.3. The molecule has 8 heteroatoms. The molecule has 0 heterocycles. The number of aryl methyl sites for hydroxylation is 3. The van der Waals surface area contributed by atoms with Gasteiger partial charge in [0.05, 0.1) is 11.3 Å². The highest BCUT2D eigenvalue weighted by Gasteiger charge is 2.32. The molecule has 1 aromatic carbocycles. The van der Waals surface area contributed by atoms with E-state index in [1.807, 2.05) is 13.8 Å². The molecule has 34 heavy (non-hydrogen) atoms. The SMILES string of the molecule is CCO/N=C(\CC)C1=C(O)CC(c2c(C)cc(C)cc2C)CC1=O.O/N=C1/CCCC/C1=N\O. The summed E-state index contributed by atoms with van der Waals surface area (Å²) < 4.78 is 0. The molecular weight excluding hydrogens is 434 g/mol. The Morgan fingerprint density at radius 3 is 2.00 bits per heavy atom. The summed E-state index contributed by atoms with van der Waals surface area (Å²) in [4.78, 5) is 17.8. The van der Waals surface area contributed by atoms with Crippen molar-refractivity contribution in [2.45, 2.75) is 85.5 Å². The van der Waals surface area contributed by atoms with Crippen LogP contribution in [0.3, 0.4) is 0 Å². The third-order valence-electron chi connectivity index (χ3n) is 6.16. The van der Waals surface area contributed by atoms with Gasteiger partial charge in [-0.05, 0) is 82.4 Å². The first-order valence-electron chi connectivity index (χ1n) is 11.9. The van der Waals surface area contributed by atoms with Gasteiger partial charge in [0.25, 0.3) is 0 Å². The second-order valence-corrected chi connectivity index (χ2v) is 8.77. The number of rotatable bonds is 5. The quantitative estimate of drug-likeness (QED) is 0.280. The van der Waals surface area contributed by atoms with Gasteiger partial charge >= 0.3 is 0 Å². The number of aliphatic hydroxyl groups excluding tert-OH is 1. The molecule has 2 aliphatic rings. The van der Waals surface area contributed by atoms with Gasteiger partial charge in [0.2, 0.25) is 0 Å². The molecule has 0 amide bonds. The number of aliphatic hydroxyl groups is 1. The van der Waals surface area contributed by atoms with Gasteiger partial charge in [-0.2, -0.15) is 0 Å². The predicted molar refractivity (Wildman–Crippen MR) is 134 cm³/mol. The summed E-state index contributed by atoms with van der Waals surface area (Å²) in [7, 11) is 0. The van der Waals surface area contributed by atoms with E-state index in [0.717, 1.165) is 25.7 Å². The molecule has 0 spiro atoms. The number of Topliss-reactive ketones (excluding diaryl/α,β-unsaturated/α-hetero) is 1. The van der Waals surface area contributed by atoms with Crippen LogP contribution in [-0.2, 0) is 9.63 Å². The third kappa shape index (κ3) is 6.68. The lowest BCUT2D eigenvalue weighted by Gasteiger charge is -2.27. The van der Waals surface area contributed by atoms with Gasteiger partial charge in [0.15, 0.2) is 5.78 Å². The normalized spacial score (nSPS) is 21.5. The Hall–Kier alpha value is -3.16. The van der Waals surface area contributed by atoms with E-state index in [1.54, 1.807) is 0 Å². The molecule has 3 N–H and O–H groups in total. The summed E-state index contributed by atoms with van der Waals surface area (Å²) in [5.74, 6) is 0.103. The molecule has 2 aliphatic carbocycles. The van der Waals surface area contributed by atoms with Crippen LogP contribution in [0, 0.1) is 20.8 Å². The molecule has 3 rings (SSSR count). The lowest BCUT2D eigenvalue weighted by molar-refractivity contribution is -0.116. The molecule has 186 valence electrons. The second-order valence-electron chi connectivity index (χ2n) is 8.77. The summed E-state index contributed by atoms with van der Waals surface area (Å²) in [5, 5.41) is 37.4. The van der Waals surface area contributed by atoms with Crippen molar-refractivity contribution in [2.75, 3.05) is 6.61 Å². The highest BCUT2D eigenvalue weighted by molar-refractivity contribution is 6.42. The van der Waals surface area contributed by atoms with E-state index in [-0.39, 0.29) is 17.5 Å². The zero-order valence-electron chi connectivity index (χ0n) is 20.9. The van der Waals surface area contributed by atoms with Crippen molar-refractivity contribution in [3.8, 4) is 0 Å². The molecule has 1 atom stereocenters. The van der Waals surface area contributed by atoms with E-state index < -0.39 is 0 Å². The average molecular weight is 472 g/mol. The molecule has 1 saturated carbocycles. The number of hydrogen-bond donors (Lipinski definition) is 3. The first-order valence-corrected chi connectivity index (χ1v) is 11.9. The molecule has 1 fully saturated rings. The molecule has 0 aromatic heterocycles. The van der Waals surface area contributed by atoms with Gasteiger partial charge in [-0.25, -0.2) is 0 Å². The van der Waals surface area contributed by atoms with E-state index in [4.69, 9.17) is 15.3 Å². The minimum Gasteiger partial charge on any atom is -0.511 e. The molecule has 0 bridgehead atoms. The van der Waals surface area contributed by atoms with E-state index >= 15 is 0 Å². The number of oxime groups is 3. The maximum Gasteiger partial charge on any atom is 0.168 e. The summed E-state index contributed by atoms with van der Waals surface area (Å²) >= 11 is 0. The zero-order chi connectivity index (χ0) is 25.3. The predicted octanol–water partition coefficient (Wildman–Crippen LogP) is 5.89. The first kappa shape index (κ1) is 27.1. The molecule has 1 aromatic rings. The van der Waals surface area contributed by atoms with Crippen LogP contribution < -0.4 is 0 Å². The average Bonchev–Trinajstić information content (AvgIpc) is 2.80. The van der Waals surface area contributed by atoms with Crippen LogP contribution in [0.25, 0.3) is 0 Å². The van der Waals surface area contributed by atoms with Gasteiger partial charge in [0, 0.05) is 12.8 Å². The van der Waals surface area contributed by atoms with Crippen LogP contribution in [0.5, 0.6) is 0 Å². The van der Waals surface area contributed by atoms with E-state index in [0.29, 0.717) is 48.6 Å². The van der Waals surface area contributed by atoms with Gasteiger partial charge in [-0.3, -0.25) is 4.79 Å². The summed E-state index contributed by atoms with van der Waals surface area (Å²) in [6, 6.07) is 4.27. The highest BCUT2D eigenvalue weighted by atomic mass is 16.6. The van der Waals surface area contributed by atoms with Crippen LogP contribution in [-0.4, -0.2) is 45.0 Å². The van der Waals surface area contributed by atoms with Crippen molar-refractivity contribution >= 4 is 22.9 Å². The van der Waals surface area contributed by atoms with Crippen molar-refractivity contribution in [2.24, 2.45) is 15.5 Å². The number of benzene rings is 1. The number of carbonyl (C=O) groups excluding carboxylic acids is 1. The Morgan fingerprint density at radius 1 is 1.00 bits per heavy atom. The monoisotopic (exact) mass is 471 g/mol. The molecule has 0 saturated heterocycles. The highest BCUT2D eigenvalue weighted by Crippen LogP contribution is 2.37. The fraction of sp³-hybridized carbons (Fsp3) is 0.538. The van der Waals surface area contributed by atoms with Gasteiger partial charge in [-0.1, -0.05) is 40.1 Å². The fourth-order valence-electron chi connectivity index (χ4n) is 4.78. The van der Waals surface area contributed by atoms with Crippen LogP contribution in [0.1, 0.15) is 87.0 Å². The van der Waals surface area contributed by atoms with E-state index in [2.05, 4.69) is 48.4 Å².